The van der Waals surface area contributed by atoms with E-state index in [0.717, 1.165) is 40.4 Å². The number of fused-ring (bicyclic) bond motifs is 1. The van der Waals surface area contributed by atoms with E-state index in [9.17, 15) is 19.2 Å². The Bertz CT molecular complexity index is 2260. The molecule has 274 valence electrons. The number of aryl methyl sites for hydroxylation is 1. The largest absolute Gasteiger partial charge is 0.490 e. The number of hydrogen-bond acceptors (Lipinski definition) is 12. The maximum atomic E-state index is 13.2. The van der Waals surface area contributed by atoms with E-state index in [1.165, 1.54) is 0 Å². The number of aromatic nitrogens is 4. The third-order valence-electron chi connectivity index (χ3n) is 10.2. The zero-order valence-corrected chi connectivity index (χ0v) is 29.9. The number of nitrogens with one attached hydrogen (secondary N) is 2. The van der Waals surface area contributed by atoms with E-state index in [1.54, 1.807) is 37.4 Å². The van der Waals surface area contributed by atoms with Crippen LogP contribution in [-0.4, -0.2) is 66.8 Å². The molecule has 2 fully saturated rings. The van der Waals surface area contributed by atoms with Crippen molar-refractivity contribution in [1.82, 2.24) is 30.3 Å². The van der Waals surface area contributed by atoms with Crippen molar-refractivity contribution in [2.45, 2.75) is 76.7 Å². The summed E-state index contributed by atoms with van der Waals surface area (Å²) in [6.07, 6.45) is 3.41. The third-order valence-corrected chi connectivity index (χ3v) is 10.2. The lowest BCUT2D eigenvalue weighted by Gasteiger charge is -2.36. The van der Waals surface area contributed by atoms with Gasteiger partial charge in [0.15, 0.2) is 0 Å². The maximum Gasteiger partial charge on any atom is 0.262 e. The number of nitrogens with zero attached hydrogens (tertiary/aromatic N) is 5. The van der Waals surface area contributed by atoms with Gasteiger partial charge >= 0.3 is 0 Å². The highest BCUT2D eigenvalue weighted by Gasteiger charge is 2.45. The first-order valence-corrected chi connectivity index (χ1v) is 17.8. The van der Waals surface area contributed by atoms with E-state index >= 15 is 0 Å². The van der Waals surface area contributed by atoms with Gasteiger partial charge in [0.25, 0.3) is 11.8 Å². The summed E-state index contributed by atoms with van der Waals surface area (Å²) >= 11 is 0. The number of ether oxygens (including phenoxy) is 2. The van der Waals surface area contributed by atoms with Crippen LogP contribution in [0.1, 0.15) is 83.0 Å². The molecule has 4 heterocycles. The van der Waals surface area contributed by atoms with E-state index in [-0.39, 0.29) is 48.1 Å². The summed E-state index contributed by atoms with van der Waals surface area (Å²) in [5.41, 5.74) is 3.92. The van der Waals surface area contributed by atoms with Crippen molar-refractivity contribution in [3.05, 3.63) is 113 Å². The minimum Gasteiger partial charge on any atom is -0.490 e. The van der Waals surface area contributed by atoms with Crippen molar-refractivity contribution in [2.75, 3.05) is 5.32 Å². The number of hydrogen-bond donors (Lipinski definition) is 2. The Morgan fingerprint density at radius 1 is 0.870 bits per heavy atom. The summed E-state index contributed by atoms with van der Waals surface area (Å²) in [5.74, 6) is 0.597. The summed E-state index contributed by atoms with van der Waals surface area (Å²) < 4.78 is 17.3. The standard InChI is InChI=1S/C40H37N7O7/c1-22-42-36(46-54-22)35-41-17-16-26(44-35)21-52-28-9-4-23(5-10-28)40(2,3)24-6-11-29(12-7-24)53-30-18-27(19-30)43-25-8-13-31-32(20-25)39(51)47(38(31)50)33-14-15-34(48)45-37(33)49/h4-13,16-17,20,27,30,33,43H,14-15,18-19,21H2,1-3H3,(H,45,48,49). The molecular formula is C40H37N7O7. The smallest absolute Gasteiger partial charge is 0.262 e. The summed E-state index contributed by atoms with van der Waals surface area (Å²) in [6, 6.07) is 22.2. The highest BCUT2D eigenvalue weighted by molar-refractivity contribution is 6.23. The molecule has 0 radical (unpaired) electrons. The van der Waals surface area contributed by atoms with Gasteiger partial charge in [-0.3, -0.25) is 29.4 Å². The average molecular weight is 728 g/mol. The Morgan fingerprint density at radius 3 is 2.26 bits per heavy atom. The van der Waals surface area contributed by atoms with Gasteiger partial charge in [0.1, 0.15) is 30.3 Å². The van der Waals surface area contributed by atoms with Crippen molar-refractivity contribution in [2.24, 2.45) is 0 Å². The molecule has 2 aromatic heterocycles. The lowest BCUT2D eigenvalue weighted by molar-refractivity contribution is -0.136. The van der Waals surface area contributed by atoms with Gasteiger partial charge in [-0.25, -0.2) is 9.97 Å². The molecule has 1 atom stereocenters. The predicted octanol–water partition coefficient (Wildman–Crippen LogP) is 5.16. The van der Waals surface area contributed by atoms with Crippen molar-refractivity contribution >= 4 is 29.3 Å². The number of benzene rings is 3. The lowest BCUT2D eigenvalue weighted by atomic mass is 9.78. The number of piperidine rings is 1. The highest BCUT2D eigenvalue weighted by Crippen LogP contribution is 2.36. The molecule has 1 unspecified atom stereocenters. The van der Waals surface area contributed by atoms with Gasteiger partial charge in [-0.15, -0.1) is 0 Å². The van der Waals surface area contributed by atoms with Gasteiger partial charge in [0.05, 0.1) is 16.8 Å². The van der Waals surface area contributed by atoms with Gasteiger partial charge in [0.2, 0.25) is 29.4 Å². The fraction of sp³-hybridized carbons (Fsp3) is 0.300. The zero-order valence-electron chi connectivity index (χ0n) is 29.9. The quantitative estimate of drug-likeness (QED) is 0.171. The van der Waals surface area contributed by atoms with E-state index in [0.29, 0.717) is 28.9 Å². The Labute approximate surface area is 310 Å². The molecule has 14 heteroatoms. The van der Waals surface area contributed by atoms with Gasteiger partial charge in [-0.1, -0.05) is 43.3 Å². The predicted molar refractivity (Wildman–Crippen MR) is 194 cm³/mol. The normalized spacial score (nSPS) is 19.6. The summed E-state index contributed by atoms with van der Waals surface area (Å²) in [6.45, 7) is 6.33. The Hall–Kier alpha value is -6.44. The van der Waals surface area contributed by atoms with Crippen LogP contribution in [0.4, 0.5) is 5.69 Å². The summed E-state index contributed by atoms with van der Waals surface area (Å²) in [4.78, 5) is 64.0. The minimum atomic E-state index is -0.990. The van der Waals surface area contributed by atoms with Crippen LogP contribution in [0.25, 0.3) is 11.6 Å². The van der Waals surface area contributed by atoms with Crippen molar-refractivity contribution in [3.63, 3.8) is 0 Å². The zero-order chi connectivity index (χ0) is 37.6. The van der Waals surface area contributed by atoms with Crippen LogP contribution in [-0.2, 0) is 21.6 Å². The average Bonchev–Trinajstić information content (AvgIpc) is 3.70. The molecule has 54 heavy (non-hydrogen) atoms. The van der Waals surface area contributed by atoms with E-state index in [4.69, 9.17) is 14.0 Å². The number of amides is 4. The van der Waals surface area contributed by atoms with Crippen LogP contribution in [0.3, 0.4) is 0 Å². The van der Waals surface area contributed by atoms with Gasteiger partial charge in [-0.2, -0.15) is 4.98 Å². The monoisotopic (exact) mass is 727 g/mol. The number of rotatable bonds is 11. The van der Waals surface area contributed by atoms with Crippen LogP contribution in [0.15, 0.2) is 83.5 Å². The van der Waals surface area contributed by atoms with Crippen molar-refractivity contribution in [3.8, 4) is 23.1 Å². The van der Waals surface area contributed by atoms with Crippen LogP contribution in [0.2, 0.25) is 0 Å². The Kier molecular flexibility index (Phi) is 8.88. The molecule has 0 bridgehead atoms. The highest BCUT2D eigenvalue weighted by atomic mass is 16.5. The summed E-state index contributed by atoms with van der Waals surface area (Å²) in [7, 11) is 0. The molecule has 14 nitrogen and oxygen atoms in total. The summed E-state index contributed by atoms with van der Waals surface area (Å²) in [5, 5.41) is 9.53. The SMILES string of the molecule is Cc1nc(-c2nccc(COc3ccc(C(C)(C)c4ccc(OC5CC(Nc6ccc7c(c6)C(=O)N(C6CCC(=O)NC6=O)C7=O)C5)cc4)cc3)n2)no1. The van der Waals surface area contributed by atoms with Crippen molar-refractivity contribution < 1.29 is 33.2 Å². The minimum absolute atomic E-state index is 0.0340. The molecule has 5 aromatic rings. The molecule has 1 saturated heterocycles. The Balaban J connectivity index is 0.822. The molecule has 3 aliphatic rings. The maximum absolute atomic E-state index is 13.2. The topological polar surface area (TPSA) is 179 Å². The first kappa shape index (κ1) is 34.6. The second-order valence-corrected chi connectivity index (χ2v) is 14.2. The first-order chi connectivity index (χ1) is 26.0. The molecule has 0 spiro atoms. The van der Waals surface area contributed by atoms with E-state index in [1.807, 2.05) is 24.3 Å². The van der Waals surface area contributed by atoms with Crippen LogP contribution >= 0.6 is 0 Å². The van der Waals surface area contributed by atoms with Crippen molar-refractivity contribution in [1.29, 1.82) is 0 Å². The van der Waals surface area contributed by atoms with E-state index in [2.05, 4.69) is 68.9 Å². The molecule has 3 aromatic carbocycles. The molecule has 2 aliphatic heterocycles. The molecular weight excluding hydrogens is 690 g/mol. The van der Waals surface area contributed by atoms with E-state index < -0.39 is 29.7 Å². The molecule has 1 saturated carbocycles. The number of anilines is 1. The lowest BCUT2D eigenvalue weighted by Crippen LogP contribution is -2.54. The molecule has 8 rings (SSSR count). The van der Waals surface area contributed by atoms with Gasteiger partial charge in [0, 0.05) is 49.5 Å². The molecule has 1 aliphatic carbocycles. The first-order valence-electron chi connectivity index (χ1n) is 17.8. The van der Waals surface area contributed by atoms with Crippen LogP contribution in [0.5, 0.6) is 11.5 Å². The van der Waals surface area contributed by atoms with Crippen LogP contribution < -0.4 is 20.1 Å². The second kappa shape index (κ2) is 13.8. The number of carbonyl (C=O) groups excluding carboxylic acids is 4. The number of carbonyl (C=O) groups is 4. The Morgan fingerprint density at radius 2 is 1.57 bits per heavy atom. The van der Waals surface area contributed by atoms with Gasteiger partial charge < -0.3 is 19.3 Å². The molecule has 4 amide bonds. The van der Waals surface area contributed by atoms with Gasteiger partial charge in [-0.05, 0) is 66.1 Å². The fourth-order valence-corrected chi connectivity index (χ4v) is 6.98. The molecule has 2 N–H and O–H groups in total. The third kappa shape index (κ3) is 6.77. The fourth-order valence-electron chi connectivity index (χ4n) is 6.98. The number of imide groups is 2. The van der Waals surface area contributed by atoms with Crippen LogP contribution in [0, 0.1) is 6.92 Å². The second-order valence-electron chi connectivity index (χ2n) is 14.2.